The van der Waals surface area contributed by atoms with E-state index in [1.807, 2.05) is 45.0 Å². The highest BCUT2D eigenvalue weighted by Crippen LogP contribution is 2.39. The van der Waals surface area contributed by atoms with Crippen LogP contribution in [0.5, 0.6) is 17.2 Å². The fourth-order valence-corrected chi connectivity index (χ4v) is 5.03. The van der Waals surface area contributed by atoms with E-state index in [0.717, 1.165) is 10.2 Å². The third-order valence-electron chi connectivity index (χ3n) is 5.82. The van der Waals surface area contributed by atoms with E-state index in [9.17, 15) is 14.0 Å². The first-order chi connectivity index (χ1) is 20.8. The van der Waals surface area contributed by atoms with Gasteiger partial charge in [-0.3, -0.25) is 14.2 Å². The molecule has 226 valence electrons. The van der Waals surface area contributed by atoms with Gasteiger partial charge in [-0.2, -0.15) is 0 Å². The first-order valence-corrected chi connectivity index (χ1v) is 15.3. The zero-order valence-electron chi connectivity index (χ0n) is 23.9. The first kappa shape index (κ1) is 31.8. The zero-order chi connectivity index (χ0) is 30.8. The van der Waals surface area contributed by atoms with Crippen molar-refractivity contribution in [2.75, 3.05) is 30.9 Å². The highest BCUT2D eigenvalue weighted by atomic mass is 79.9. The number of amides is 2. The molecule has 0 saturated carbocycles. The van der Waals surface area contributed by atoms with Crippen molar-refractivity contribution < 1.29 is 28.2 Å². The number of carbonyl (C=O) groups is 2. The quantitative estimate of drug-likeness (QED) is 0.156. The van der Waals surface area contributed by atoms with Gasteiger partial charge < -0.3 is 24.8 Å². The molecule has 0 radical (unpaired) electrons. The summed E-state index contributed by atoms with van der Waals surface area (Å²) in [6, 6.07) is 16.2. The molecule has 2 N–H and O–H groups in total. The van der Waals surface area contributed by atoms with Gasteiger partial charge in [-0.25, -0.2) is 4.39 Å². The van der Waals surface area contributed by atoms with Gasteiger partial charge in [0.05, 0.1) is 32.1 Å². The van der Waals surface area contributed by atoms with Crippen molar-refractivity contribution in [3.05, 3.63) is 82.3 Å². The summed E-state index contributed by atoms with van der Waals surface area (Å²) < 4.78 is 33.1. The van der Waals surface area contributed by atoms with E-state index < -0.39 is 0 Å². The average molecular weight is 673 g/mol. The molecule has 1 heterocycles. The fraction of sp³-hybridized carbons (Fsp3) is 0.267. The molecule has 0 spiro atoms. The Morgan fingerprint density at radius 3 is 2.14 bits per heavy atom. The number of aromatic nitrogens is 3. The summed E-state index contributed by atoms with van der Waals surface area (Å²) in [6.45, 7) is 6.78. The van der Waals surface area contributed by atoms with Crippen molar-refractivity contribution in [2.24, 2.45) is 0 Å². The van der Waals surface area contributed by atoms with Gasteiger partial charge in [0.15, 0.2) is 22.5 Å². The summed E-state index contributed by atoms with van der Waals surface area (Å²) in [5, 5.41) is 14.7. The Morgan fingerprint density at radius 2 is 1.53 bits per heavy atom. The maximum atomic E-state index is 13.3. The van der Waals surface area contributed by atoms with E-state index in [2.05, 4.69) is 36.8 Å². The van der Waals surface area contributed by atoms with E-state index in [0.29, 0.717) is 59.3 Å². The second kappa shape index (κ2) is 15.4. The van der Waals surface area contributed by atoms with Crippen molar-refractivity contribution >= 4 is 45.2 Å². The molecule has 3 aromatic carbocycles. The summed E-state index contributed by atoms with van der Waals surface area (Å²) in [4.78, 5) is 25.9. The number of benzene rings is 3. The van der Waals surface area contributed by atoms with Crippen molar-refractivity contribution in [1.29, 1.82) is 0 Å². The molecule has 13 heteroatoms. The van der Waals surface area contributed by atoms with Crippen LogP contribution < -0.4 is 24.8 Å². The minimum atomic E-state index is -0.387. The summed E-state index contributed by atoms with van der Waals surface area (Å²) in [6.07, 6.45) is 0. The third kappa shape index (κ3) is 8.48. The molecule has 10 nitrogen and oxygen atoms in total. The van der Waals surface area contributed by atoms with E-state index in [4.69, 9.17) is 14.2 Å². The highest BCUT2D eigenvalue weighted by Gasteiger charge is 2.20. The number of rotatable bonds is 14. The fourth-order valence-electron chi connectivity index (χ4n) is 4.00. The Labute approximate surface area is 261 Å². The van der Waals surface area contributed by atoms with Crippen LogP contribution in [-0.4, -0.2) is 52.2 Å². The molecule has 0 aliphatic heterocycles. The lowest BCUT2D eigenvalue weighted by Crippen LogP contribution is -2.25. The van der Waals surface area contributed by atoms with E-state index in [1.165, 1.54) is 36.0 Å². The van der Waals surface area contributed by atoms with Gasteiger partial charge in [-0.05, 0) is 81.4 Å². The van der Waals surface area contributed by atoms with Crippen LogP contribution >= 0.6 is 27.7 Å². The summed E-state index contributed by atoms with van der Waals surface area (Å²) in [7, 11) is 0. The topological polar surface area (TPSA) is 117 Å². The lowest BCUT2D eigenvalue weighted by Gasteiger charge is -2.17. The van der Waals surface area contributed by atoms with Gasteiger partial charge in [0.25, 0.3) is 5.91 Å². The zero-order valence-corrected chi connectivity index (χ0v) is 26.3. The van der Waals surface area contributed by atoms with Crippen molar-refractivity contribution in [3.63, 3.8) is 0 Å². The monoisotopic (exact) mass is 671 g/mol. The largest absolute Gasteiger partial charge is 0.490 e. The van der Waals surface area contributed by atoms with Gasteiger partial charge in [-0.1, -0.05) is 27.7 Å². The number of ether oxygens (including phenoxy) is 3. The SMILES string of the molecule is CCOc1cc(C(=O)NCc2nnc(SCC(=O)Nc3ccc(F)cc3)n2-c2ccc(Br)cc2)cc(OCC)c1OCC. The molecule has 0 unspecified atom stereocenters. The van der Waals surface area contributed by atoms with Crippen LogP contribution in [0.3, 0.4) is 0 Å². The molecule has 1 aromatic heterocycles. The lowest BCUT2D eigenvalue weighted by molar-refractivity contribution is -0.113. The molecule has 0 fully saturated rings. The Balaban J connectivity index is 1.54. The molecule has 0 atom stereocenters. The highest BCUT2D eigenvalue weighted by molar-refractivity contribution is 9.10. The van der Waals surface area contributed by atoms with Crippen molar-refractivity contribution in [3.8, 4) is 22.9 Å². The van der Waals surface area contributed by atoms with E-state index >= 15 is 0 Å². The van der Waals surface area contributed by atoms with Crippen LogP contribution in [-0.2, 0) is 11.3 Å². The van der Waals surface area contributed by atoms with Gasteiger partial charge in [0.1, 0.15) is 5.82 Å². The molecule has 2 amide bonds. The lowest BCUT2D eigenvalue weighted by atomic mass is 10.1. The van der Waals surface area contributed by atoms with E-state index in [1.54, 1.807) is 16.7 Å². The van der Waals surface area contributed by atoms with Gasteiger partial charge in [0, 0.05) is 21.4 Å². The molecule has 43 heavy (non-hydrogen) atoms. The second-order valence-corrected chi connectivity index (χ2v) is 10.7. The Morgan fingerprint density at radius 1 is 0.907 bits per heavy atom. The third-order valence-corrected chi connectivity index (χ3v) is 7.28. The van der Waals surface area contributed by atoms with Crippen LogP contribution in [0.2, 0.25) is 0 Å². The number of nitrogens with one attached hydrogen (secondary N) is 2. The average Bonchev–Trinajstić information content (AvgIpc) is 3.41. The number of hydrogen-bond donors (Lipinski definition) is 2. The number of halogens is 2. The Kier molecular flexibility index (Phi) is 11.4. The van der Waals surface area contributed by atoms with Crippen molar-refractivity contribution in [1.82, 2.24) is 20.1 Å². The normalized spacial score (nSPS) is 10.7. The number of anilines is 1. The molecule has 4 aromatic rings. The summed E-state index contributed by atoms with van der Waals surface area (Å²) >= 11 is 4.63. The predicted octanol–water partition coefficient (Wildman–Crippen LogP) is 6.03. The number of thioether (sulfide) groups is 1. The standard InChI is InChI=1S/C30H31BrFN5O5S/c1-4-40-24-15-19(16-25(41-5-2)28(24)42-6-3)29(39)33-17-26-35-36-30(37(26)23-13-7-20(31)8-14-23)43-18-27(38)34-22-11-9-21(32)10-12-22/h7-16H,4-6,17-18H2,1-3H3,(H,33,39)(H,34,38). The first-order valence-electron chi connectivity index (χ1n) is 13.6. The van der Waals surface area contributed by atoms with Crippen LogP contribution in [0.1, 0.15) is 37.0 Å². The van der Waals surface area contributed by atoms with Crippen LogP contribution in [0.4, 0.5) is 10.1 Å². The van der Waals surface area contributed by atoms with Crippen LogP contribution in [0, 0.1) is 5.82 Å². The predicted molar refractivity (Wildman–Crippen MR) is 166 cm³/mol. The van der Waals surface area contributed by atoms with Gasteiger partial charge >= 0.3 is 0 Å². The molecule has 0 aliphatic carbocycles. The minimum absolute atomic E-state index is 0.0327. The molecule has 0 bridgehead atoms. The Bertz CT molecular complexity index is 1520. The van der Waals surface area contributed by atoms with Crippen molar-refractivity contribution in [2.45, 2.75) is 32.5 Å². The number of hydrogen-bond acceptors (Lipinski definition) is 8. The number of nitrogens with zero attached hydrogens (tertiary/aromatic N) is 3. The number of carbonyl (C=O) groups excluding carboxylic acids is 2. The maximum absolute atomic E-state index is 13.3. The summed E-state index contributed by atoms with van der Waals surface area (Å²) in [5.41, 5.74) is 1.56. The van der Waals surface area contributed by atoms with Gasteiger partial charge in [0.2, 0.25) is 11.7 Å². The molecule has 0 saturated heterocycles. The van der Waals surface area contributed by atoms with Crippen LogP contribution in [0.25, 0.3) is 5.69 Å². The molecular formula is C30H31BrFN5O5S. The molecule has 0 aliphatic rings. The molecule has 4 rings (SSSR count). The Hall–Kier alpha value is -4.10. The summed E-state index contributed by atoms with van der Waals surface area (Å²) in [5.74, 6) is 0.714. The van der Waals surface area contributed by atoms with Crippen LogP contribution in [0.15, 0.2) is 70.3 Å². The minimum Gasteiger partial charge on any atom is -0.490 e. The second-order valence-electron chi connectivity index (χ2n) is 8.84. The van der Waals surface area contributed by atoms with E-state index in [-0.39, 0.29) is 29.9 Å². The smallest absolute Gasteiger partial charge is 0.251 e. The van der Waals surface area contributed by atoms with Gasteiger partial charge in [-0.15, -0.1) is 10.2 Å². The maximum Gasteiger partial charge on any atom is 0.251 e. The molecular weight excluding hydrogens is 641 g/mol.